The van der Waals surface area contributed by atoms with Gasteiger partial charge in [-0.2, -0.15) is 0 Å². The molecule has 1 aromatic carbocycles. The van der Waals surface area contributed by atoms with Crippen LogP contribution in [0.3, 0.4) is 0 Å². The standard InChI is InChI=1S/C15H18ClN3S/c1-3-17-14-8-11(2)18-15(19-14)10-20-9-12-6-4-5-7-13(12)16/h4-8H,3,9-10H2,1-2H3,(H,17,18,19). The van der Waals surface area contributed by atoms with Crippen LogP contribution in [0.4, 0.5) is 5.82 Å². The van der Waals surface area contributed by atoms with E-state index in [2.05, 4.69) is 28.3 Å². The first-order chi connectivity index (χ1) is 9.69. The molecule has 1 N–H and O–H groups in total. The van der Waals surface area contributed by atoms with Crippen molar-refractivity contribution in [3.63, 3.8) is 0 Å². The predicted octanol–water partition coefficient (Wildman–Crippen LogP) is 4.30. The van der Waals surface area contributed by atoms with Crippen LogP contribution in [0, 0.1) is 6.92 Å². The summed E-state index contributed by atoms with van der Waals surface area (Å²) in [7, 11) is 0. The largest absolute Gasteiger partial charge is 0.370 e. The van der Waals surface area contributed by atoms with Crippen LogP contribution in [0.2, 0.25) is 5.02 Å². The fraction of sp³-hybridized carbons (Fsp3) is 0.333. The van der Waals surface area contributed by atoms with Crippen LogP contribution >= 0.6 is 23.4 Å². The Morgan fingerprint density at radius 1 is 1.20 bits per heavy atom. The second-order valence-electron chi connectivity index (χ2n) is 4.43. The molecule has 0 radical (unpaired) electrons. The molecule has 3 nitrogen and oxygen atoms in total. The Balaban J connectivity index is 1.95. The number of halogens is 1. The number of hydrogen-bond donors (Lipinski definition) is 1. The molecule has 0 spiro atoms. The lowest BCUT2D eigenvalue weighted by Gasteiger charge is -2.07. The van der Waals surface area contributed by atoms with Crippen LogP contribution < -0.4 is 5.32 Å². The van der Waals surface area contributed by atoms with E-state index in [1.54, 1.807) is 11.8 Å². The van der Waals surface area contributed by atoms with E-state index in [1.165, 1.54) is 0 Å². The molecule has 0 aliphatic rings. The number of aryl methyl sites for hydroxylation is 1. The predicted molar refractivity (Wildman–Crippen MR) is 87.4 cm³/mol. The van der Waals surface area contributed by atoms with Crippen LogP contribution in [-0.2, 0) is 11.5 Å². The van der Waals surface area contributed by atoms with Gasteiger partial charge in [0.15, 0.2) is 0 Å². The van der Waals surface area contributed by atoms with Gasteiger partial charge in [-0.05, 0) is 25.5 Å². The molecule has 0 amide bonds. The molecule has 0 bridgehead atoms. The zero-order valence-electron chi connectivity index (χ0n) is 11.7. The lowest BCUT2D eigenvalue weighted by atomic mass is 10.2. The lowest BCUT2D eigenvalue weighted by molar-refractivity contribution is 0.986. The fourth-order valence-electron chi connectivity index (χ4n) is 1.83. The molecule has 20 heavy (non-hydrogen) atoms. The smallest absolute Gasteiger partial charge is 0.140 e. The molecule has 2 rings (SSSR count). The van der Waals surface area contributed by atoms with Crippen molar-refractivity contribution < 1.29 is 0 Å². The van der Waals surface area contributed by atoms with Crippen molar-refractivity contribution in [1.29, 1.82) is 0 Å². The van der Waals surface area contributed by atoms with Crippen molar-refractivity contribution in [1.82, 2.24) is 9.97 Å². The van der Waals surface area contributed by atoms with Crippen LogP contribution in [0.1, 0.15) is 24.0 Å². The molecule has 106 valence electrons. The van der Waals surface area contributed by atoms with Crippen molar-refractivity contribution in [3.05, 3.63) is 52.4 Å². The number of aromatic nitrogens is 2. The van der Waals surface area contributed by atoms with Gasteiger partial charge in [0.2, 0.25) is 0 Å². The van der Waals surface area contributed by atoms with Gasteiger partial charge in [-0.3, -0.25) is 0 Å². The second kappa shape index (κ2) is 7.50. The maximum Gasteiger partial charge on any atom is 0.140 e. The average Bonchev–Trinajstić information content (AvgIpc) is 2.41. The third-order valence-corrected chi connectivity index (χ3v) is 4.05. The van der Waals surface area contributed by atoms with Gasteiger partial charge in [0.25, 0.3) is 0 Å². The third kappa shape index (κ3) is 4.39. The second-order valence-corrected chi connectivity index (χ2v) is 5.82. The monoisotopic (exact) mass is 307 g/mol. The average molecular weight is 308 g/mol. The molecule has 0 unspecified atom stereocenters. The Labute approximate surface area is 129 Å². The normalized spacial score (nSPS) is 10.6. The molecule has 5 heteroatoms. The highest BCUT2D eigenvalue weighted by atomic mass is 35.5. The summed E-state index contributed by atoms with van der Waals surface area (Å²) in [6, 6.07) is 9.89. The number of anilines is 1. The van der Waals surface area contributed by atoms with E-state index in [0.717, 1.165) is 46.0 Å². The van der Waals surface area contributed by atoms with Crippen molar-refractivity contribution in [3.8, 4) is 0 Å². The lowest BCUT2D eigenvalue weighted by Crippen LogP contribution is -2.04. The van der Waals surface area contributed by atoms with Crippen molar-refractivity contribution in [2.45, 2.75) is 25.4 Å². The minimum atomic E-state index is 0.783. The molecule has 0 aliphatic carbocycles. The molecule has 0 saturated carbocycles. The summed E-state index contributed by atoms with van der Waals surface area (Å²) in [6.07, 6.45) is 0. The van der Waals surface area contributed by atoms with Gasteiger partial charge in [-0.1, -0.05) is 29.8 Å². The molecule has 0 fully saturated rings. The Morgan fingerprint density at radius 2 is 2.00 bits per heavy atom. The van der Waals surface area contributed by atoms with Gasteiger partial charge in [0.05, 0.1) is 5.75 Å². The van der Waals surface area contributed by atoms with Crippen LogP contribution in [-0.4, -0.2) is 16.5 Å². The number of rotatable bonds is 6. The molecule has 0 atom stereocenters. The highest BCUT2D eigenvalue weighted by Crippen LogP contribution is 2.22. The van der Waals surface area contributed by atoms with E-state index in [4.69, 9.17) is 11.6 Å². The van der Waals surface area contributed by atoms with E-state index >= 15 is 0 Å². The minimum absolute atomic E-state index is 0.783. The summed E-state index contributed by atoms with van der Waals surface area (Å²) in [4.78, 5) is 8.97. The summed E-state index contributed by atoms with van der Waals surface area (Å²) in [5, 5.41) is 4.04. The maximum atomic E-state index is 6.14. The number of hydrogen-bond acceptors (Lipinski definition) is 4. The Hall–Kier alpha value is -1.26. The topological polar surface area (TPSA) is 37.8 Å². The van der Waals surface area contributed by atoms with Crippen molar-refractivity contribution >= 4 is 29.2 Å². The van der Waals surface area contributed by atoms with Crippen LogP contribution in [0.15, 0.2) is 30.3 Å². The Bertz CT molecular complexity index is 575. The molecular formula is C15H18ClN3S. The van der Waals surface area contributed by atoms with Crippen molar-refractivity contribution in [2.24, 2.45) is 0 Å². The first-order valence-electron chi connectivity index (χ1n) is 6.58. The quantitative estimate of drug-likeness (QED) is 0.863. The van der Waals surface area contributed by atoms with E-state index in [0.29, 0.717) is 0 Å². The summed E-state index contributed by atoms with van der Waals surface area (Å²) in [5.74, 6) is 3.41. The zero-order chi connectivity index (χ0) is 14.4. The highest BCUT2D eigenvalue weighted by molar-refractivity contribution is 7.97. The molecular weight excluding hydrogens is 290 g/mol. The summed E-state index contributed by atoms with van der Waals surface area (Å²) < 4.78 is 0. The number of nitrogens with zero attached hydrogens (tertiary/aromatic N) is 2. The van der Waals surface area contributed by atoms with Crippen LogP contribution in [0.5, 0.6) is 0 Å². The van der Waals surface area contributed by atoms with Gasteiger partial charge in [-0.25, -0.2) is 9.97 Å². The minimum Gasteiger partial charge on any atom is -0.370 e. The number of nitrogens with one attached hydrogen (secondary N) is 1. The Kier molecular flexibility index (Phi) is 5.68. The van der Waals surface area contributed by atoms with Crippen molar-refractivity contribution in [2.75, 3.05) is 11.9 Å². The zero-order valence-corrected chi connectivity index (χ0v) is 13.3. The van der Waals surface area contributed by atoms with Crippen LogP contribution in [0.25, 0.3) is 0 Å². The van der Waals surface area contributed by atoms with Gasteiger partial charge >= 0.3 is 0 Å². The SMILES string of the molecule is CCNc1cc(C)nc(CSCc2ccccc2Cl)n1. The number of benzene rings is 1. The highest BCUT2D eigenvalue weighted by Gasteiger charge is 2.04. The molecule has 0 aliphatic heterocycles. The van der Waals surface area contributed by atoms with Gasteiger partial charge in [0, 0.05) is 29.1 Å². The molecule has 0 saturated heterocycles. The van der Waals surface area contributed by atoms with E-state index < -0.39 is 0 Å². The molecule has 1 heterocycles. The summed E-state index contributed by atoms with van der Waals surface area (Å²) in [6.45, 7) is 4.91. The maximum absolute atomic E-state index is 6.14. The first-order valence-corrected chi connectivity index (χ1v) is 8.12. The summed E-state index contributed by atoms with van der Waals surface area (Å²) >= 11 is 7.91. The van der Waals surface area contributed by atoms with E-state index in [9.17, 15) is 0 Å². The van der Waals surface area contributed by atoms with E-state index in [1.807, 2.05) is 31.2 Å². The molecule has 1 aromatic heterocycles. The number of thioether (sulfide) groups is 1. The van der Waals surface area contributed by atoms with Gasteiger partial charge in [-0.15, -0.1) is 11.8 Å². The van der Waals surface area contributed by atoms with Gasteiger partial charge < -0.3 is 5.32 Å². The Morgan fingerprint density at radius 3 is 2.75 bits per heavy atom. The first kappa shape index (κ1) is 15.1. The van der Waals surface area contributed by atoms with E-state index in [-0.39, 0.29) is 0 Å². The van der Waals surface area contributed by atoms with Gasteiger partial charge in [0.1, 0.15) is 11.6 Å². The third-order valence-electron chi connectivity index (χ3n) is 2.70. The molecule has 2 aromatic rings. The fourth-order valence-corrected chi connectivity index (χ4v) is 3.00. The summed E-state index contributed by atoms with van der Waals surface area (Å²) in [5.41, 5.74) is 2.14.